The second-order valence-electron chi connectivity index (χ2n) is 1.87. The maximum absolute atomic E-state index is 8.53. The Morgan fingerprint density at radius 1 is 1.80 bits per heavy atom. The molecule has 0 aliphatic heterocycles. The molecule has 0 fully saturated rings. The number of rotatable bonds is 2. The summed E-state index contributed by atoms with van der Waals surface area (Å²) >= 11 is 0. The minimum Gasteiger partial charge on any atom is -0.467 e. The SMILES string of the molecule is CNC(C#N)c1ccco1. The van der Waals surface area contributed by atoms with Crippen LogP contribution in [0.2, 0.25) is 0 Å². The Labute approximate surface area is 59.3 Å². The third-order valence-corrected chi connectivity index (χ3v) is 1.25. The van der Waals surface area contributed by atoms with Crippen molar-refractivity contribution in [2.45, 2.75) is 6.04 Å². The second kappa shape index (κ2) is 3.04. The number of nitrogens with zero attached hydrogens (tertiary/aromatic N) is 1. The van der Waals surface area contributed by atoms with Crippen molar-refractivity contribution in [3.8, 4) is 6.07 Å². The van der Waals surface area contributed by atoms with E-state index in [1.54, 1.807) is 25.4 Å². The first-order valence-electron chi connectivity index (χ1n) is 2.98. The van der Waals surface area contributed by atoms with E-state index in [4.69, 9.17) is 9.68 Å². The normalized spacial score (nSPS) is 12.4. The quantitative estimate of drug-likeness (QED) is 0.661. The largest absolute Gasteiger partial charge is 0.467 e. The Morgan fingerprint density at radius 2 is 2.60 bits per heavy atom. The molecule has 10 heavy (non-hydrogen) atoms. The lowest BCUT2D eigenvalue weighted by Crippen LogP contribution is -2.12. The third-order valence-electron chi connectivity index (χ3n) is 1.25. The molecule has 0 aliphatic rings. The van der Waals surface area contributed by atoms with E-state index < -0.39 is 0 Å². The predicted octanol–water partition coefficient (Wildman–Crippen LogP) is 1.06. The van der Waals surface area contributed by atoms with Crippen molar-refractivity contribution in [2.75, 3.05) is 7.05 Å². The van der Waals surface area contributed by atoms with Gasteiger partial charge in [0.05, 0.1) is 12.3 Å². The fourth-order valence-corrected chi connectivity index (χ4v) is 0.726. The molecule has 3 heteroatoms. The van der Waals surface area contributed by atoms with E-state index in [1.807, 2.05) is 6.07 Å². The van der Waals surface area contributed by atoms with Crippen LogP contribution in [-0.4, -0.2) is 7.05 Å². The summed E-state index contributed by atoms with van der Waals surface area (Å²) in [5.41, 5.74) is 0. The van der Waals surface area contributed by atoms with Gasteiger partial charge >= 0.3 is 0 Å². The summed E-state index contributed by atoms with van der Waals surface area (Å²) in [5, 5.41) is 11.3. The zero-order chi connectivity index (χ0) is 7.40. The Balaban J connectivity index is 2.76. The molecule has 1 atom stereocenters. The van der Waals surface area contributed by atoms with E-state index in [-0.39, 0.29) is 6.04 Å². The van der Waals surface area contributed by atoms with Gasteiger partial charge in [-0.1, -0.05) is 0 Å². The van der Waals surface area contributed by atoms with E-state index >= 15 is 0 Å². The lowest BCUT2D eigenvalue weighted by atomic mass is 10.2. The van der Waals surface area contributed by atoms with E-state index in [2.05, 4.69) is 5.32 Å². The Morgan fingerprint density at radius 3 is 3.00 bits per heavy atom. The van der Waals surface area contributed by atoms with Gasteiger partial charge in [0.1, 0.15) is 5.76 Å². The van der Waals surface area contributed by atoms with Gasteiger partial charge in [0.15, 0.2) is 6.04 Å². The summed E-state index contributed by atoms with van der Waals surface area (Å²) in [4.78, 5) is 0. The second-order valence-corrected chi connectivity index (χ2v) is 1.87. The number of hydrogen-bond acceptors (Lipinski definition) is 3. The van der Waals surface area contributed by atoms with Gasteiger partial charge in [-0.25, -0.2) is 0 Å². The van der Waals surface area contributed by atoms with Crippen LogP contribution in [0.3, 0.4) is 0 Å². The monoisotopic (exact) mass is 136 g/mol. The van der Waals surface area contributed by atoms with Gasteiger partial charge in [0.25, 0.3) is 0 Å². The van der Waals surface area contributed by atoms with Gasteiger partial charge in [-0.3, -0.25) is 5.32 Å². The number of nitrogens with one attached hydrogen (secondary N) is 1. The topological polar surface area (TPSA) is 49.0 Å². The van der Waals surface area contributed by atoms with Crippen molar-refractivity contribution >= 4 is 0 Å². The van der Waals surface area contributed by atoms with Crippen LogP contribution in [0.25, 0.3) is 0 Å². The molecular formula is C7H8N2O. The molecule has 1 N–H and O–H groups in total. The van der Waals surface area contributed by atoms with Crippen molar-refractivity contribution < 1.29 is 4.42 Å². The Kier molecular flexibility index (Phi) is 2.08. The molecule has 0 bridgehead atoms. The highest BCUT2D eigenvalue weighted by atomic mass is 16.3. The maximum Gasteiger partial charge on any atom is 0.154 e. The summed E-state index contributed by atoms with van der Waals surface area (Å²) < 4.78 is 4.99. The fourth-order valence-electron chi connectivity index (χ4n) is 0.726. The first kappa shape index (κ1) is 6.84. The summed E-state index contributed by atoms with van der Waals surface area (Å²) in [6.07, 6.45) is 1.55. The molecule has 0 aromatic carbocycles. The lowest BCUT2D eigenvalue weighted by molar-refractivity contribution is 0.473. The van der Waals surface area contributed by atoms with E-state index in [0.29, 0.717) is 5.76 Å². The molecule has 0 aliphatic carbocycles. The zero-order valence-electron chi connectivity index (χ0n) is 5.66. The van der Waals surface area contributed by atoms with Crippen molar-refractivity contribution in [1.29, 1.82) is 5.26 Å². The minimum absolute atomic E-state index is 0.324. The lowest BCUT2D eigenvalue weighted by Gasteiger charge is -2.00. The van der Waals surface area contributed by atoms with Crippen LogP contribution < -0.4 is 5.32 Å². The smallest absolute Gasteiger partial charge is 0.154 e. The Bertz CT molecular complexity index is 222. The summed E-state index contributed by atoms with van der Waals surface area (Å²) in [7, 11) is 1.72. The highest BCUT2D eigenvalue weighted by Crippen LogP contribution is 2.10. The van der Waals surface area contributed by atoms with Crippen LogP contribution in [0.15, 0.2) is 22.8 Å². The fraction of sp³-hybridized carbons (Fsp3) is 0.286. The van der Waals surface area contributed by atoms with Crippen LogP contribution in [0.5, 0.6) is 0 Å². The molecule has 1 rings (SSSR count). The first-order chi connectivity index (χ1) is 4.88. The molecule has 3 nitrogen and oxygen atoms in total. The molecule has 1 aromatic heterocycles. The summed E-state index contributed by atoms with van der Waals surface area (Å²) in [6.45, 7) is 0. The molecule has 1 heterocycles. The number of furan rings is 1. The third kappa shape index (κ3) is 1.17. The van der Waals surface area contributed by atoms with Crippen molar-refractivity contribution in [1.82, 2.24) is 5.32 Å². The van der Waals surface area contributed by atoms with Crippen LogP contribution in [0.4, 0.5) is 0 Å². The molecule has 0 saturated heterocycles. The van der Waals surface area contributed by atoms with Crippen molar-refractivity contribution in [3.63, 3.8) is 0 Å². The molecule has 52 valence electrons. The molecule has 0 saturated carbocycles. The van der Waals surface area contributed by atoms with Crippen LogP contribution in [0.1, 0.15) is 11.8 Å². The van der Waals surface area contributed by atoms with Crippen LogP contribution in [-0.2, 0) is 0 Å². The summed E-state index contributed by atoms with van der Waals surface area (Å²) in [5.74, 6) is 0.657. The maximum atomic E-state index is 8.53. The zero-order valence-corrected chi connectivity index (χ0v) is 5.66. The average Bonchev–Trinajstić information content (AvgIpc) is 2.43. The average molecular weight is 136 g/mol. The van der Waals surface area contributed by atoms with Gasteiger partial charge in [-0.05, 0) is 19.2 Å². The van der Waals surface area contributed by atoms with E-state index in [1.165, 1.54) is 0 Å². The molecule has 0 spiro atoms. The van der Waals surface area contributed by atoms with Gasteiger partial charge < -0.3 is 4.42 Å². The highest BCUT2D eigenvalue weighted by Gasteiger charge is 2.08. The van der Waals surface area contributed by atoms with Gasteiger partial charge in [0.2, 0.25) is 0 Å². The van der Waals surface area contributed by atoms with E-state index in [9.17, 15) is 0 Å². The predicted molar refractivity (Wildman–Crippen MR) is 36.1 cm³/mol. The molecule has 0 radical (unpaired) electrons. The van der Waals surface area contributed by atoms with Gasteiger partial charge in [-0.2, -0.15) is 5.26 Å². The highest BCUT2D eigenvalue weighted by molar-refractivity contribution is 5.11. The van der Waals surface area contributed by atoms with Gasteiger partial charge in [-0.15, -0.1) is 0 Å². The Hall–Kier alpha value is -1.27. The van der Waals surface area contributed by atoms with E-state index in [0.717, 1.165) is 0 Å². The standard InChI is InChI=1S/C7H8N2O/c1-9-6(5-8)7-3-2-4-10-7/h2-4,6,9H,1H3. The number of nitriles is 1. The molecule has 1 aromatic rings. The molecule has 0 amide bonds. The molecule has 1 unspecified atom stereocenters. The molecular weight excluding hydrogens is 128 g/mol. The van der Waals surface area contributed by atoms with Crippen LogP contribution >= 0.6 is 0 Å². The van der Waals surface area contributed by atoms with Crippen molar-refractivity contribution in [2.24, 2.45) is 0 Å². The van der Waals surface area contributed by atoms with Crippen molar-refractivity contribution in [3.05, 3.63) is 24.2 Å². The van der Waals surface area contributed by atoms with Gasteiger partial charge in [0, 0.05) is 0 Å². The number of hydrogen-bond donors (Lipinski definition) is 1. The summed E-state index contributed by atoms with van der Waals surface area (Å²) in [6, 6.07) is 5.25. The first-order valence-corrected chi connectivity index (χ1v) is 2.98. The van der Waals surface area contributed by atoms with Crippen LogP contribution in [0, 0.1) is 11.3 Å². The minimum atomic E-state index is -0.324.